The third kappa shape index (κ3) is 5.08. The van der Waals surface area contributed by atoms with Gasteiger partial charge in [0.25, 0.3) is 0 Å². The van der Waals surface area contributed by atoms with Gasteiger partial charge in [0.15, 0.2) is 0 Å². The Bertz CT molecular complexity index is 713. The Balaban J connectivity index is 2.06. The molecule has 0 saturated carbocycles. The summed E-state index contributed by atoms with van der Waals surface area (Å²) < 4.78 is 61.7. The van der Waals surface area contributed by atoms with Crippen molar-refractivity contribution in [2.45, 2.75) is 19.1 Å². The van der Waals surface area contributed by atoms with Crippen LogP contribution in [0.15, 0.2) is 35.2 Å². The maximum absolute atomic E-state index is 12.1. The molecule has 0 aliphatic rings. The first-order valence-corrected chi connectivity index (χ1v) is 8.87. The normalized spacial score (nSPS) is 12.5. The summed E-state index contributed by atoms with van der Waals surface area (Å²) in [5.74, 6) is -0.982. The zero-order valence-electron chi connectivity index (χ0n) is 11.3. The zero-order chi connectivity index (χ0) is 16.2. The molecule has 2 heterocycles. The third-order valence-electron chi connectivity index (χ3n) is 2.82. The molecule has 22 heavy (non-hydrogen) atoms. The monoisotopic (exact) mass is 350 g/mol. The van der Waals surface area contributed by atoms with Crippen molar-refractivity contribution < 1.29 is 21.6 Å². The van der Waals surface area contributed by atoms with E-state index < -0.39 is 28.4 Å². The lowest BCUT2D eigenvalue weighted by Gasteiger charge is -2.10. The van der Waals surface area contributed by atoms with Crippen LogP contribution < -0.4 is 4.72 Å². The van der Waals surface area contributed by atoms with Crippen LogP contribution in [0.2, 0.25) is 0 Å². The molecule has 0 fully saturated rings. The maximum atomic E-state index is 12.1. The summed E-state index contributed by atoms with van der Waals surface area (Å²) >= 11 is 1.47. The molecule has 0 radical (unpaired) electrons. The third-order valence-corrected chi connectivity index (χ3v) is 4.83. The van der Waals surface area contributed by atoms with E-state index in [1.807, 2.05) is 16.8 Å². The van der Waals surface area contributed by atoms with Gasteiger partial charge in [-0.1, -0.05) is 6.07 Å². The Morgan fingerprint density at radius 2 is 2.05 bits per heavy atom. The molecule has 0 amide bonds. The largest absolute Gasteiger partial charge is 0.390 e. The highest BCUT2D eigenvalue weighted by Gasteiger charge is 2.29. The first-order valence-electron chi connectivity index (χ1n) is 6.27. The van der Waals surface area contributed by atoms with Crippen LogP contribution in [-0.2, 0) is 16.6 Å². The van der Waals surface area contributed by atoms with Crippen LogP contribution >= 0.6 is 11.3 Å². The second kappa shape index (κ2) is 6.76. The second-order valence-corrected chi connectivity index (χ2v) is 7.23. The number of halogens is 3. The molecule has 2 aromatic heterocycles. The molecule has 0 aromatic carbocycles. The molecule has 2 rings (SSSR count). The molecular weight excluding hydrogens is 337 g/mol. The van der Waals surface area contributed by atoms with E-state index in [1.54, 1.807) is 18.3 Å². The van der Waals surface area contributed by atoms with Gasteiger partial charge in [0, 0.05) is 23.7 Å². The highest BCUT2D eigenvalue weighted by molar-refractivity contribution is 7.89. The molecular formula is C13H13F3N2O2S2. The first kappa shape index (κ1) is 16.9. The Morgan fingerprint density at radius 3 is 2.68 bits per heavy atom. The maximum Gasteiger partial charge on any atom is 0.390 e. The molecule has 0 spiro atoms. The second-order valence-electron chi connectivity index (χ2n) is 4.53. The van der Waals surface area contributed by atoms with Gasteiger partial charge in [0.2, 0.25) is 10.0 Å². The van der Waals surface area contributed by atoms with Crippen molar-refractivity contribution in [1.82, 2.24) is 9.71 Å². The summed E-state index contributed by atoms with van der Waals surface area (Å²) in [6.07, 6.45) is -4.29. The standard InChI is InChI=1S/C13H13F3N2O2S2/c14-13(15,16)4-7-22(19,20)18-8-10-2-1-5-17-12(10)11-3-6-21-9-11/h1-3,5-6,9,18H,4,7-8H2. The van der Waals surface area contributed by atoms with Gasteiger partial charge in [-0.3, -0.25) is 4.98 Å². The van der Waals surface area contributed by atoms with Crippen LogP contribution in [-0.4, -0.2) is 25.3 Å². The molecule has 0 saturated heterocycles. The molecule has 120 valence electrons. The number of thiophene rings is 1. The quantitative estimate of drug-likeness (QED) is 0.870. The van der Waals surface area contributed by atoms with Crippen LogP contribution in [0.1, 0.15) is 12.0 Å². The lowest BCUT2D eigenvalue weighted by Crippen LogP contribution is -2.28. The minimum atomic E-state index is -4.50. The molecule has 2 aromatic rings. The summed E-state index contributed by atoms with van der Waals surface area (Å²) in [4.78, 5) is 4.20. The Hall–Kier alpha value is -1.45. The fraction of sp³-hybridized carbons (Fsp3) is 0.308. The molecule has 0 unspecified atom stereocenters. The summed E-state index contributed by atoms with van der Waals surface area (Å²) in [6, 6.07) is 5.18. The SMILES string of the molecule is O=S(=O)(CCC(F)(F)F)NCc1cccnc1-c1ccsc1. The number of sulfonamides is 1. The molecule has 0 atom stereocenters. The highest BCUT2D eigenvalue weighted by atomic mass is 32.2. The lowest BCUT2D eigenvalue weighted by atomic mass is 10.1. The summed E-state index contributed by atoms with van der Waals surface area (Å²) in [7, 11) is -3.99. The smallest absolute Gasteiger partial charge is 0.256 e. The number of hydrogen-bond acceptors (Lipinski definition) is 4. The van der Waals surface area contributed by atoms with Gasteiger partial charge < -0.3 is 0 Å². The molecule has 0 aliphatic heterocycles. The number of nitrogens with one attached hydrogen (secondary N) is 1. The van der Waals surface area contributed by atoms with Crippen molar-refractivity contribution >= 4 is 21.4 Å². The first-order chi connectivity index (χ1) is 10.3. The Labute approximate surface area is 130 Å². The Morgan fingerprint density at radius 1 is 1.27 bits per heavy atom. The van der Waals surface area contributed by atoms with Crippen LogP contribution in [0.4, 0.5) is 13.2 Å². The average molecular weight is 350 g/mol. The molecule has 4 nitrogen and oxygen atoms in total. The van der Waals surface area contributed by atoms with Crippen LogP contribution in [0.25, 0.3) is 11.3 Å². The van der Waals surface area contributed by atoms with Gasteiger partial charge in [0.05, 0.1) is 17.9 Å². The van der Waals surface area contributed by atoms with Crippen molar-refractivity contribution in [3.05, 3.63) is 40.7 Å². The van der Waals surface area contributed by atoms with Gasteiger partial charge in [-0.25, -0.2) is 13.1 Å². The van der Waals surface area contributed by atoms with E-state index in [1.165, 1.54) is 11.3 Å². The van der Waals surface area contributed by atoms with Crippen LogP contribution in [0.3, 0.4) is 0 Å². The summed E-state index contributed by atoms with van der Waals surface area (Å²) in [6.45, 7) is -0.0980. The predicted octanol–water partition coefficient (Wildman–Crippen LogP) is 3.18. The van der Waals surface area contributed by atoms with Crippen LogP contribution in [0.5, 0.6) is 0 Å². The highest BCUT2D eigenvalue weighted by Crippen LogP contribution is 2.24. The fourth-order valence-corrected chi connectivity index (χ4v) is 3.41. The summed E-state index contributed by atoms with van der Waals surface area (Å²) in [5.41, 5.74) is 2.06. The lowest BCUT2D eigenvalue weighted by molar-refractivity contribution is -0.129. The van der Waals surface area contributed by atoms with E-state index in [9.17, 15) is 21.6 Å². The van der Waals surface area contributed by atoms with E-state index in [2.05, 4.69) is 9.71 Å². The van der Waals surface area contributed by atoms with Gasteiger partial charge in [0.1, 0.15) is 0 Å². The fourth-order valence-electron chi connectivity index (χ4n) is 1.75. The minimum absolute atomic E-state index is 0.0980. The van der Waals surface area contributed by atoms with E-state index in [0.717, 1.165) is 5.56 Å². The average Bonchev–Trinajstić information content (AvgIpc) is 2.97. The number of nitrogens with zero attached hydrogens (tertiary/aromatic N) is 1. The van der Waals surface area contributed by atoms with E-state index in [-0.39, 0.29) is 6.54 Å². The van der Waals surface area contributed by atoms with Gasteiger partial charge in [-0.05, 0) is 23.1 Å². The Kier molecular flexibility index (Phi) is 5.20. The molecule has 0 aliphatic carbocycles. The number of rotatable bonds is 6. The van der Waals surface area contributed by atoms with Crippen molar-refractivity contribution in [2.24, 2.45) is 0 Å². The number of pyridine rings is 1. The van der Waals surface area contributed by atoms with Crippen molar-refractivity contribution in [2.75, 3.05) is 5.75 Å². The number of aromatic nitrogens is 1. The number of hydrogen-bond donors (Lipinski definition) is 1. The van der Waals surface area contributed by atoms with E-state index in [0.29, 0.717) is 11.3 Å². The number of alkyl halides is 3. The van der Waals surface area contributed by atoms with Gasteiger partial charge >= 0.3 is 6.18 Å². The molecule has 0 bridgehead atoms. The van der Waals surface area contributed by atoms with Crippen molar-refractivity contribution in [3.63, 3.8) is 0 Å². The van der Waals surface area contributed by atoms with Gasteiger partial charge in [-0.2, -0.15) is 24.5 Å². The molecule has 9 heteroatoms. The summed E-state index contributed by atoms with van der Waals surface area (Å²) in [5, 5.41) is 3.73. The van der Waals surface area contributed by atoms with E-state index >= 15 is 0 Å². The minimum Gasteiger partial charge on any atom is -0.256 e. The van der Waals surface area contributed by atoms with Crippen molar-refractivity contribution in [1.29, 1.82) is 0 Å². The van der Waals surface area contributed by atoms with Crippen LogP contribution in [0, 0.1) is 0 Å². The molecule has 1 N–H and O–H groups in total. The van der Waals surface area contributed by atoms with Crippen molar-refractivity contribution in [3.8, 4) is 11.3 Å². The zero-order valence-corrected chi connectivity index (χ0v) is 12.9. The van der Waals surface area contributed by atoms with E-state index in [4.69, 9.17) is 0 Å². The van der Waals surface area contributed by atoms with Gasteiger partial charge in [-0.15, -0.1) is 0 Å². The topological polar surface area (TPSA) is 59.1 Å². The predicted molar refractivity (Wildman–Crippen MR) is 78.8 cm³/mol.